The Morgan fingerprint density at radius 3 is 2.70 bits per heavy atom. The van der Waals surface area contributed by atoms with Gasteiger partial charge in [0, 0.05) is 25.7 Å². The predicted octanol–water partition coefficient (Wildman–Crippen LogP) is 1.71. The Morgan fingerprint density at radius 1 is 1.30 bits per heavy atom. The van der Waals surface area contributed by atoms with Gasteiger partial charge in [-0.05, 0) is 30.7 Å². The van der Waals surface area contributed by atoms with Crippen LogP contribution in [0.1, 0.15) is 24.8 Å². The molecule has 1 saturated carbocycles. The molecule has 1 aliphatic heterocycles. The van der Waals surface area contributed by atoms with Crippen LogP contribution >= 0.6 is 0 Å². The molecule has 0 aromatic heterocycles. The van der Waals surface area contributed by atoms with Crippen molar-refractivity contribution < 1.29 is 9.90 Å². The maximum absolute atomic E-state index is 11.3. The van der Waals surface area contributed by atoms with Crippen LogP contribution in [0.5, 0.6) is 0 Å². The Hall–Kier alpha value is -1.39. The summed E-state index contributed by atoms with van der Waals surface area (Å²) in [5, 5.41) is 12.6. The third-order valence-corrected chi connectivity index (χ3v) is 4.30. The van der Waals surface area contributed by atoms with Crippen LogP contribution in [-0.4, -0.2) is 41.1 Å². The molecule has 2 N–H and O–H groups in total. The SMILES string of the molecule is O=C(O)C(NC1CCN(Cc2ccccc2)C1)C1CC1. The van der Waals surface area contributed by atoms with Gasteiger partial charge in [0.2, 0.25) is 0 Å². The van der Waals surface area contributed by atoms with Crippen LogP contribution in [0.25, 0.3) is 0 Å². The minimum Gasteiger partial charge on any atom is -0.480 e. The third-order valence-electron chi connectivity index (χ3n) is 4.30. The number of carboxylic acid groups (broad SMARTS) is 1. The minimum absolute atomic E-state index is 0.320. The highest BCUT2D eigenvalue weighted by atomic mass is 16.4. The molecule has 0 bridgehead atoms. The zero-order valence-electron chi connectivity index (χ0n) is 11.7. The van der Waals surface area contributed by atoms with Crippen LogP contribution in [-0.2, 0) is 11.3 Å². The van der Waals surface area contributed by atoms with Gasteiger partial charge in [-0.2, -0.15) is 0 Å². The van der Waals surface area contributed by atoms with Gasteiger partial charge in [-0.3, -0.25) is 9.69 Å². The van der Waals surface area contributed by atoms with Crippen LogP contribution in [0.3, 0.4) is 0 Å². The second-order valence-corrected chi connectivity index (χ2v) is 6.03. The zero-order chi connectivity index (χ0) is 13.9. The highest BCUT2D eigenvalue weighted by Gasteiger charge is 2.38. The lowest BCUT2D eigenvalue weighted by molar-refractivity contribution is -0.140. The van der Waals surface area contributed by atoms with E-state index in [4.69, 9.17) is 0 Å². The van der Waals surface area contributed by atoms with Gasteiger partial charge in [-0.15, -0.1) is 0 Å². The van der Waals surface area contributed by atoms with E-state index < -0.39 is 5.97 Å². The molecule has 3 rings (SSSR count). The number of benzene rings is 1. The van der Waals surface area contributed by atoms with Gasteiger partial charge in [0.25, 0.3) is 0 Å². The van der Waals surface area contributed by atoms with Crippen molar-refractivity contribution in [2.45, 2.75) is 37.9 Å². The number of carboxylic acids is 1. The Morgan fingerprint density at radius 2 is 2.05 bits per heavy atom. The van der Waals surface area contributed by atoms with Crippen molar-refractivity contribution in [1.29, 1.82) is 0 Å². The van der Waals surface area contributed by atoms with Crippen LogP contribution in [0.15, 0.2) is 30.3 Å². The Balaban J connectivity index is 1.50. The van der Waals surface area contributed by atoms with E-state index in [0.29, 0.717) is 12.0 Å². The molecule has 0 spiro atoms. The van der Waals surface area contributed by atoms with E-state index in [-0.39, 0.29) is 6.04 Å². The first-order chi connectivity index (χ1) is 9.72. The summed E-state index contributed by atoms with van der Waals surface area (Å²) >= 11 is 0. The summed E-state index contributed by atoms with van der Waals surface area (Å²) in [6, 6.07) is 10.4. The largest absolute Gasteiger partial charge is 0.480 e. The van der Waals surface area contributed by atoms with Crippen molar-refractivity contribution in [3.63, 3.8) is 0 Å². The fraction of sp³-hybridized carbons (Fsp3) is 0.562. The average Bonchev–Trinajstić information content (AvgIpc) is 3.18. The fourth-order valence-corrected chi connectivity index (χ4v) is 3.05. The van der Waals surface area contributed by atoms with Gasteiger partial charge in [0.1, 0.15) is 6.04 Å². The summed E-state index contributed by atoms with van der Waals surface area (Å²) < 4.78 is 0. The molecule has 1 aliphatic carbocycles. The van der Waals surface area contributed by atoms with Gasteiger partial charge >= 0.3 is 5.97 Å². The van der Waals surface area contributed by atoms with E-state index >= 15 is 0 Å². The van der Waals surface area contributed by atoms with Gasteiger partial charge in [0.05, 0.1) is 0 Å². The molecule has 2 atom stereocenters. The van der Waals surface area contributed by atoms with E-state index in [1.54, 1.807) is 0 Å². The molecule has 2 fully saturated rings. The molecule has 20 heavy (non-hydrogen) atoms. The normalized spacial score (nSPS) is 24.7. The minimum atomic E-state index is -0.686. The van der Waals surface area contributed by atoms with Gasteiger partial charge in [0.15, 0.2) is 0 Å². The van der Waals surface area contributed by atoms with Crippen molar-refractivity contribution in [3.05, 3.63) is 35.9 Å². The smallest absolute Gasteiger partial charge is 0.320 e. The van der Waals surface area contributed by atoms with Gasteiger partial charge in [-0.1, -0.05) is 30.3 Å². The van der Waals surface area contributed by atoms with E-state index in [1.165, 1.54) is 5.56 Å². The van der Waals surface area contributed by atoms with Crippen LogP contribution in [0.2, 0.25) is 0 Å². The highest BCUT2D eigenvalue weighted by Crippen LogP contribution is 2.33. The molecular weight excluding hydrogens is 252 g/mol. The van der Waals surface area contributed by atoms with Crippen LogP contribution in [0.4, 0.5) is 0 Å². The quantitative estimate of drug-likeness (QED) is 0.829. The third kappa shape index (κ3) is 3.38. The number of carbonyl (C=O) groups is 1. The number of hydrogen-bond acceptors (Lipinski definition) is 3. The monoisotopic (exact) mass is 274 g/mol. The summed E-state index contributed by atoms with van der Waals surface area (Å²) in [6.45, 7) is 2.95. The van der Waals surface area contributed by atoms with E-state index in [9.17, 15) is 9.90 Å². The van der Waals surface area contributed by atoms with E-state index in [2.05, 4.69) is 34.5 Å². The van der Waals surface area contributed by atoms with Gasteiger partial charge in [-0.25, -0.2) is 0 Å². The second-order valence-electron chi connectivity index (χ2n) is 6.03. The van der Waals surface area contributed by atoms with E-state index in [1.807, 2.05) is 6.07 Å². The van der Waals surface area contributed by atoms with Crippen molar-refractivity contribution >= 4 is 5.97 Å². The number of aliphatic carboxylic acids is 1. The van der Waals surface area contributed by atoms with E-state index in [0.717, 1.165) is 38.9 Å². The molecule has 2 unspecified atom stereocenters. The maximum atomic E-state index is 11.3. The molecule has 1 aromatic carbocycles. The first kappa shape index (κ1) is 13.6. The number of rotatable bonds is 6. The van der Waals surface area contributed by atoms with Crippen LogP contribution < -0.4 is 5.32 Å². The number of nitrogens with one attached hydrogen (secondary N) is 1. The first-order valence-electron chi connectivity index (χ1n) is 7.47. The second kappa shape index (κ2) is 5.94. The molecule has 1 aromatic rings. The highest BCUT2D eigenvalue weighted by molar-refractivity contribution is 5.74. The van der Waals surface area contributed by atoms with Crippen molar-refractivity contribution in [1.82, 2.24) is 10.2 Å². The first-order valence-corrected chi connectivity index (χ1v) is 7.47. The fourth-order valence-electron chi connectivity index (χ4n) is 3.05. The van der Waals surface area contributed by atoms with Crippen molar-refractivity contribution in [2.24, 2.45) is 5.92 Å². The van der Waals surface area contributed by atoms with Crippen molar-refractivity contribution in [2.75, 3.05) is 13.1 Å². The van der Waals surface area contributed by atoms with Crippen molar-refractivity contribution in [3.8, 4) is 0 Å². The Kier molecular flexibility index (Phi) is 4.03. The molecular formula is C16H22N2O2. The molecule has 4 nitrogen and oxygen atoms in total. The molecule has 0 radical (unpaired) electrons. The predicted molar refractivity (Wildman–Crippen MR) is 77.4 cm³/mol. The zero-order valence-corrected chi connectivity index (χ0v) is 11.7. The summed E-state index contributed by atoms with van der Waals surface area (Å²) in [5.74, 6) is -0.329. The van der Waals surface area contributed by atoms with Crippen LogP contribution in [0, 0.1) is 5.92 Å². The number of nitrogens with zero attached hydrogens (tertiary/aromatic N) is 1. The number of likely N-dealkylation sites (tertiary alicyclic amines) is 1. The molecule has 1 heterocycles. The Bertz CT molecular complexity index is 459. The summed E-state index contributed by atoms with van der Waals surface area (Å²) in [7, 11) is 0. The maximum Gasteiger partial charge on any atom is 0.320 e. The molecule has 4 heteroatoms. The number of hydrogen-bond donors (Lipinski definition) is 2. The standard InChI is InChI=1S/C16H22N2O2/c19-16(20)15(13-6-7-13)17-14-8-9-18(11-14)10-12-4-2-1-3-5-12/h1-5,13-15,17H,6-11H2,(H,19,20). The molecule has 108 valence electrons. The molecule has 2 aliphatic rings. The summed E-state index contributed by atoms with van der Waals surface area (Å²) in [4.78, 5) is 13.7. The molecule has 0 amide bonds. The summed E-state index contributed by atoms with van der Waals surface area (Å²) in [5.41, 5.74) is 1.32. The lowest BCUT2D eigenvalue weighted by atomic mass is 10.1. The lowest BCUT2D eigenvalue weighted by Crippen LogP contribution is -2.45. The lowest BCUT2D eigenvalue weighted by Gasteiger charge is -2.20. The molecule has 1 saturated heterocycles. The average molecular weight is 274 g/mol. The summed E-state index contributed by atoms with van der Waals surface area (Å²) in [6.07, 6.45) is 3.16. The topological polar surface area (TPSA) is 52.6 Å². The Labute approximate surface area is 119 Å². The van der Waals surface area contributed by atoms with Gasteiger partial charge < -0.3 is 10.4 Å².